The van der Waals surface area contributed by atoms with Crippen LogP contribution in [0.25, 0.3) is 0 Å². The van der Waals surface area contributed by atoms with Crippen LogP contribution < -0.4 is 5.32 Å². The molecule has 0 radical (unpaired) electrons. The number of nitrogens with one attached hydrogen (secondary N) is 1. The summed E-state index contributed by atoms with van der Waals surface area (Å²) in [6.45, 7) is 5.80. The van der Waals surface area contributed by atoms with Crippen molar-refractivity contribution in [3.8, 4) is 0 Å². The van der Waals surface area contributed by atoms with Crippen molar-refractivity contribution in [3.05, 3.63) is 40.7 Å². The normalized spacial score (nSPS) is 14.5. The molecule has 3 amide bonds. The molecule has 0 aromatic carbocycles. The molecule has 3 rings (SSSR count). The molecule has 164 valence electrons. The first-order valence-corrected chi connectivity index (χ1v) is 10.2. The van der Waals surface area contributed by atoms with Crippen LogP contribution in [0.3, 0.4) is 0 Å². The van der Waals surface area contributed by atoms with E-state index in [1.54, 1.807) is 31.1 Å². The Kier molecular flexibility index (Phi) is 7.15. The van der Waals surface area contributed by atoms with E-state index in [1.807, 2.05) is 18.7 Å². The van der Waals surface area contributed by atoms with E-state index in [-0.39, 0.29) is 23.7 Å². The summed E-state index contributed by atoms with van der Waals surface area (Å²) in [6, 6.07) is 3.50. The Morgan fingerprint density at radius 2 is 1.93 bits per heavy atom. The molecule has 0 saturated carbocycles. The third kappa shape index (κ3) is 5.21. The largest absolute Gasteiger partial charge is 0.456 e. The van der Waals surface area contributed by atoms with Gasteiger partial charge in [0.05, 0.1) is 5.69 Å². The number of carbonyl (C=O) groups excluding carboxylic acids is 2. The van der Waals surface area contributed by atoms with Gasteiger partial charge in [-0.2, -0.15) is 0 Å². The highest BCUT2D eigenvalue weighted by molar-refractivity contribution is 5.91. The van der Waals surface area contributed by atoms with Gasteiger partial charge >= 0.3 is 6.03 Å². The maximum Gasteiger partial charge on any atom is 0.319 e. The number of rotatable bonds is 7. The van der Waals surface area contributed by atoms with Crippen molar-refractivity contribution in [2.24, 2.45) is 0 Å². The van der Waals surface area contributed by atoms with Crippen molar-refractivity contribution in [2.75, 3.05) is 40.4 Å². The van der Waals surface area contributed by atoms with E-state index in [4.69, 9.17) is 13.7 Å². The van der Waals surface area contributed by atoms with Crippen molar-refractivity contribution in [3.63, 3.8) is 0 Å². The predicted molar refractivity (Wildman–Crippen MR) is 109 cm³/mol. The molecule has 0 atom stereocenters. The van der Waals surface area contributed by atoms with Gasteiger partial charge in [-0.1, -0.05) is 5.16 Å². The van der Waals surface area contributed by atoms with Gasteiger partial charge in [0.1, 0.15) is 11.5 Å². The zero-order valence-corrected chi connectivity index (χ0v) is 18.1. The Morgan fingerprint density at radius 1 is 1.20 bits per heavy atom. The van der Waals surface area contributed by atoms with Crippen molar-refractivity contribution in [1.29, 1.82) is 0 Å². The van der Waals surface area contributed by atoms with E-state index in [1.165, 1.54) is 0 Å². The predicted octanol–water partition coefficient (Wildman–Crippen LogP) is 2.37. The lowest BCUT2D eigenvalue weighted by molar-refractivity contribution is 0.0415. The van der Waals surface area contributed by atoms with Gasteiger partial charge in [0.15, 0.2) is 5.76 Å². The van der Waals surface area contributed by atoms with E-state index in [2.05, 4.69) is 10.5 Å². The summed E-state index contributed by atoms with van der Waals surface area (Å²) in [5.74, 6) is 1.35. The Labute approximate surface area is 176 Å². The van der Waals surface area contributed by atoms with Gasteiger partial charge in [-0.25, -0.2) is 4.79 Å². The molecule has 2 aromatic heterocycles. The van der Waals surface area contributed by atoms with Crippen LogP contribution in [-0.2, 0) is 11.2 Å². The van der Waals surface area contributed by atoms with E-state index in [0.717, 1.165) is 29.9 Å². The molecule has 30 heavy (non-hydrogen) atoms. The molecule has 1 aliphatic rings. The van der Waals surface area contributed by atoms with E-state index >= 15 is 0 Å². The quantitative estimate of drug-likeness (QED) is 0.741. The van der Waals surface area contributed by atoms with Gasteiger partial charge < -0.3 is 28.8 Å². The van der Waals surface area contributed by atoms with Crippen molar-refractivity contribution in [2.45, 2.75) is 39.2 Å². The summed E-state index contributed by atoms with van der Waals surface area (Å²) in [4.78, 5) is 28.4. The number of aryl methyl sites for hydroxylation is 2. The molecule has 9 heteroatoms. The highest BCUT2D eigenvalue weighted by atomic mass is 16.5. The number of hydrogen-bond acceptors (Lipinski definition) is 6. The summed E-state index contributed by atoms with van der Waals surface area (Å²) >= 11 is 0. The Balaban J connectivity index is 1.55. The number of carbonyl (C=O) groups is 2. The standard InChI is InChI=1S/C21H30N4O5/c1-14-18(15(2)30-23-14)13-17-5-6-19(29-17)20(26)22-9-10-25(21(27)24(3)4)16-7-11-28-12-8-16/h5-6,16H,7-13H2,1-4H3,(H,22,26). The fourth-order valence-electron chi connectivity index (χ4n) is 3.59. The van der Waals surface area contributed by atoms with Gasteiger partial charge in [0.25, 0.3) is 5.91 Å². The number of hydrogen-bond donors (Lipinski definition) is 1. The summed E-state index contributed by atoms with van der Waals surface area (Å²) in [5.41, 5.74) is 1.78. The fourth-order valence-corrected chi connectivity index (χ4v) is 3.59. The van der Waals surface area contributed by atoms with Crippen LogP contribution in [0.4, 0.5) is 4.79 Å². The lowest BCUT2D eigenvalue weighted by Gasteiger charge is -2.36. The lowest BCUT2D eigenvalue weighted by atomic mass is 10.1. The molecule has 1 N–H and O–H groups in total. The maximum atomic E-state index is 12.6. The minimum atomic E-state index is -0.302. The molecule has 0 aliphatic carbocycles. The lowest BCUT2D eigenvalue weighted by Crippen LogP contribution is -2.50. The topological polar surface area (TPSA) is 101 Å². The van der Waals surface area contributed by atoms with E-state index < -0.39 is 0 Å². The van der Waals surface area contributed by atoms with E-state index in [9.17, 15) is 9.59 Å². The minimum absolute atomic E-state index is 0.0594. The SMILES string of the molecule is Cc1noc(C)c1Cc1ccc(C(=O)NCCN(C(=O)N(C)C)C2CCOCC2)o1. The molecule has 2 aromatic rings. The molecule has 1 fully saturated rings. The molecule has 0 bridgehead atoms. The first kappa shape index (κ1) is 21.9. The molecule has 1 saturated heterocycles. The fraction of sp³-hybridized carbons (Fsp3) is 0.571. The highest BCUT2D eigenvalue weighted by Gasteiger charge is 2.27. The zero-order valence-electron chi connectivity index (χ0n) is 18.1. The second-order valence-electron chi connectivity index (χ2n) is 7.72. The molecule has 9 nitrogen and oxygen atoms in total. The van der Waals surface area contributed by atoms with Crippen LogP contribution in [-0.4, -0.2) is 73.3 Å². The van der Waals surface area contributed by atoms with Crippen LogP contribution in [0.15, 0.2) is 21.1 Å². The van der Waals surface area contributed by atoms with E-state index in [0.29, 0.717) is 38.5 Å². The molecular weight excluding hydrogens is 388 g/mol. The molecule has 0 spiro atoms. The van der Waals surface area contributed by atoms with Crippen LogP contribution >= 0.6 is 0 Å². The summed E-state index contributed by atoms with van der Waals surface area (Å²) in [6.07, 6.45) is 2.12. The third-order valence-corrected chi connectivity index (χ3v) is 5.32. The summed E-state index contributed by atoms with van der Waals surface area (Å²) in [7, 11) is 3.47. The maximum absolute atomic E-state index is 12.6. The average Bonchev–Trinajstić information content (AvgIpc) is 3.33. The first-order chi connectivity index (χ1) is 14.4. The molecular formula is C21H30N4O5. The summed E-state index contributed by atoms with van der Waals surface area (Å²) in [5, 5.41) is 6.79. The summed E-state index contributed by atoms with van der Waals surface area (Å²) < 4.78 is 16.3. The van der Waals surface area contributed by atoms with Gasteiger partial charge in [0, 0.05) is 58.4 Å². The van der Waals surface area contributed by atoms with Gasteiger partial charge in [-0.05, 0) is 38.8 Å². The van der Waals surface area contributed by atoms with Crippen molar-refractivity contribution in [1.82, 2.24) is 20.3 Å². The number of nitrogens with zero attached hydrogens (tertiary/aromatic N) is 3. The minimum Gasteiger partial charge on any atom is -0.456 e. The van der Waals surface area contributed by atoms with Crippen molar-refractivity contribution >= 4 is 11.9 Å². The average molecular weight is 418 g/mol. The van der Waals surface area contributed by atoms with Crippen LogP contribution in [0, 0.1) is 13.8 Å². The van der Waals surface area contributed by atoms with Crippen LogP contribution in [0.5, 0.6) is 0 Å². The third-order valence-electron chi connectivity index (χ3n) is 5.32. The van der Waals surface area contributed by atoms with Crippen molar-refractivity contribution < 1.29 is 23.3 Å². The monoisotopic (exact) mass is 418 g/mol. The van der Waals surface area contributed by atoms with Crippen LogP contribution in [0.2, 0.25) is 0 Å². The Hall–Kier alpha value is -2.81. The number of ether oxygens (including phenoxy) is 1. The molecule has 1 aliphatic heterocycles. The zero-order chi connectivity index (χ0) is 21.7. The number of aromatic nitrogens is 1. The second kappa shape index (κ2) is 9.80. The molecule has 0 unspecified atom stereocenters. The molecule has 3 heterocycles. The first-order valence-electron chi connectivity index (χ1n) is 10.2. The van der Waals surface area contributed by atoms with Gasteiger partial charge in [-0.3, -0.25) is 4.79 Å². The number of amides is 3. The van der Waals surface area contributed by atoms with Gasteiger partial charge in [-0.15, -0.1) is 0 Å². The highest BCUT2D eigenvalue weighted by Crippen LogP contribution is 2.19. The van der Waals surface area contributed by atoms with Gasteiger partial charge in [0.2, 0.25) is 0 Å². The number of furan rings is 1. The Morgan fingerprint density at radius 3 is 2.57 bits per heavy atom. The van der Waals surface area contributed by atoms with Crippen LogP contribution in [0.1, 0.15) is 46.2 Å². The Bertz CT molecular complexity index is 847. The smallest absolute Gasteiger partial charge is 0.319 e. The second-order valence-corrected chi connectivity index (χ2v) is 7.72. The number of urea groups is 1.